The van der Waals surface area contributed by atoms with Crippen LogP contribution in [0.1, 0.15) is 65.7 Å². The summed E-state index contributed by atoms with van der Waals surface area (Å²) in [6.07, 6.45) is 0. The molecule has 0 aliphatic rings. The van der Waals surface area contributed by atoms with Crippen molar-refractivity contribution in [3.05, 3.63) is 94.7 Å². The Hall–Kier alpha value is -4.33. The van der Waals surface area contributed by atoms with Crippen LogP contribution in [0.4, 0.5) is 4.39 Å². The van der Waals surface area contributed by atoms with E-state index in [1.54, 1.807) is 27.4 Å². The maximum atomic E-state index is 13.7. The zero-order valence-corrected chi connectivity index (χ0v) is 22.5. The molecule has 5 rings (SSSR count). The lowest BCUT2D eigenvalue weighted by Gasteiger charge is -2.16. The summed E-state index contributed by atoms with van der Waals surface area (Å²) in [7, 11) is 1.88. The fraction of sp³-hybridized carbons (Fsp3) is 0.267. The lowest BCUT2D eigenvalue weighted by Crippen LogP contribution is -2.29. The number of nitrogens with zero attached hydrogens (tertiary/aromatic N) is 5. The number of aromatic nitrogens is 5. The molecule has 1 atom stereocenters. The van der Waals surface area contributed by atoms with Gasteiger partial charge >= 0.3 is 0 Å². The maximum absolute atomic E-state index is 13.7. The van der Waals surface area contributed by atoms with Gasteiger partial charge in [0.1, 0.15) is 11.5 Å². The second kappa shape index (κ2) is 9.85. The van der Waals surface area contributed by atoms with E-state index in [4.69, 9.17) is 4.98 Å². The molecular weight excluding hydrogens is 479 g/mol. The average molecular weight is 511 g/mol. The number of nitrogens with one attached hydrogen (secondary N) is 1. The monoisotopic (exact) mass is 510 g/mol. The summed E-state index contributed by atoms with van der Waals surface area (Å²) >= 11 is 0. The van der Waals surface area contributed by atoms with Crippen molar-refractivity contribution in [3.63, 3.8) is 0 Å². The van der Waals surface area contributed by atoms with Gasteiger partial charge in [-0.15, -0.1) is 0 Å². The van der Waals surface area contributed by atoms with Gasteiger partial charge in [0.05, 0.1) is 23.1 Å². The van der Waals surface area contributed by atoms with E-state index in [0.29, 0.717) is 28.6 Å². The quantitative estimate of drug-likeness (QED) is 0.296. The molecule has 38 heavy (non-hydrogen) atoms. The molecule has 0 fully saturated rings. The Morgan fingerprint density at radius 1 is 0.895 bits per heavy atom. The summed E-state index contributed by atoms with van der Waals surface area (Å²) in [6.45, 7) is 10.2. The molecule has 3 heterocycles. The Morgan fingerprint density at radius 2 is 1.55 bits per heavy atom. The van der Waals surface area contributed by atoms with Gasteiger partial charge in [-0.1, -0.05) is 38.1 Å². The van der Waals surface area contributed by atoms with Crippen LogP contribution in [0.25, 0.3) is 28.2 Å². The Morgan fingerprint density at radius 3 is 2.16 bits per heavy atom. The number of halogens is 1. The molecule has 1 amide bonds. The first-order valence-electron chi connectivity index (χ1n) is 12.7. The highest BCUT2D eigenvalue weighted by atomic mass is 19.1. The lowest BCUT2D eigenvalue weighted by atomic mass is 9.99. The number of carbonyl (C=O) groups excluding carboxylic acids is 1. The van der Waals surface area contributed by atoms with Crippen LogP contribution in [0.5, 0.6) is 0 Å². The van der Waals surface area contributed by atoms with Crippen LogP contribution in [0, 0.1) is 19.7 Å². The third-order valence-corrected chi connectivity index (χ3v) is 7.02. The largest absolute Gasteiger partial charge is 0.344 e. The highest BCUT2D eigenvalue weighted by molar-refractivity contribution is 5.95. The molecule has 1 unspecified atom stereocenters. The second-order valence-corrected chi connectivity index (χ2v) is 10.0. The van der Waals surface area contributed by atoms with Crippen LogP contribution in [-0.4, -0.2) is 30.3 Å². The highest BCUT2D eigenvalue weighted by Crippen LogP contribution is 2.28. The number of benzene rings is 2. The first-order chi connectivity index (χ1) is 18.1. The minimum atomic E-state index is -0.323. The summed E-state index contributed by atoms with van der Waals surface area (Å²) in [6, 6.07) is 17.8. The van der Waals surface area contributed by atoms with Gasteiger partial charge in [-0.2, -0.15) is 10.2 Å². The number of hydrogen-bond donors (Lipinski definition) is 1. The van der Waals surface area contributed by atoms with Crippen molar-refractivity contribution in [2.45, 2.75) is 46.6 Å². The van der Waals surface area contributed by atoms with Crippen molar-refractivity contribution in [1.29, 1.82) is 0 Å². The number of hydrogen-bond acceptors (Lipinski definition) is 4. The van der Waals surface area contributed by atoms with Crippen LogP contribution < -0.4 is 5.32 Å². The maximum Gasteiger partial charge on any atom is 0.270 e. The van der Waals surface area contributed by atoms with Crippen LogP contribution in [0.3, 0.4) is 0 Å². The molecule has 0 saturated heterocycles. The number of rotatable bonds is 6. The molecule has 0 bridgehead atoms. The average Bonchev–Trinajstić information content (AvgIpc) is 3.43. The van der Waals surface area contributed by atoms with E-state index in [9.17, 15) is 9.18 Å². The minimum absolute atomic E-state index is 0.218. The van der Waals surface area contributed by atoms with Crippen LogP contribution in [0.2, 0.25) is 0 Å². The zero-order chi connectivity index (χ0) is 27.1. The molecule has 8 heteroatoms. The standard InChI is InChI=1S/C30H31FN6O/c1-17(2)21-7-9-22(10-8-21)18(3)32-30(38)27-15-26(29-19(4)34-36(6)20(29)5)33-28-16-25(35-37(27)28)23-11-13-24(31)14-12-23/h7-18H,1-6H3,(H,32,38). The van der Waals surface area contributed by atoms with Crippen LogP contribution in [-0.2, 0) is 7.05 Å². The third kappa shape index (κ3) is 4.69. The number of amides is 1. The molecule has 2 aromatic carbocycles. The van der Waals surface area contributed by atoms with E-state index < -0.39 is 0 Å². The van der Waals surface area contributed by atoms with Crippen molar-refractivity contribution >= 4 is 11.6 Å². The number of fused-ring (bicyclic) bond motifs is 1. The van der Waals surface area contributed by atoms with Gasteiger partial charge in [0.15, 0.2) is 5.65 Å². The van der Waals surface area contributed by atoms with Gasteiger partial charge in [0, 0.05) is 29.9 Å². The van der Waals surface area contributed by atoms with Crippen molar-refractivity contribution in [2.75, 3.05) is 0 Å². The summed E-state index contributed by atoms with van der Waals surface area (Å²) in [4.78, 5) is 18.5. The van der Waals surface area contributed by atoms with Gasteiger partial charge in [0.25, 0.3) is 5.91 Å². The molecule has 7 nitrogen and oxygen atoms in total. The zero-order valence-electron chi connectivity index (χ0n) is 22.5. The Balaban J connectivity index is 1.58. The normalized spacial score (nSPS) is 12.3. The van der Waals surface area contributed by atoms with E-state index in [2.05, 4.69) is 53.6 Å². The van der Waals surface area contributed by atoms with Crippen molar-refractivity contribution < 1.29 is 9.18 Å². The minimum Gasteiger partial charge on any atom is -0.344 e. The predicted octanol–water partition coefficient (Wildman–Crippen LogP) is 6.17. The summed E-state index contributed by atoms with van der Waals surface area (Å²) < 4.78 is 16.9. The van der Waals surface area contributed by atoms with E-state index in [1.165, 1.54) is 17.7 Å². The van der Waals surface area contributed by atoms with Crippen molar-refractivity contribution in [3.8, 4) is 22.5 Å². The van der Waals surface area contributed by atoms with Gasteiger partial charge in [-0.25, -0.2) is 13.9 Å². The number of carbonyl (C=O) groups is 1. The molecular formula is C30H31FN6O. The van der Waals surface area contributed by atoms with Crippen molar-refractivity contribution in [2.24, 2.45) is 7.05 Å². The first-order valence-corrected chi connectivity index (χ1v) is 12.7. The molecule has 0 aliphatic heterocycles. The molecule has 0 saturated carbocycles. The van der Waals surface area contributed by atoms with E-state index in [-0.39, 0.29) is 17.8 Å². The second-order valence-electron chi connectivity index (χ2n) is 10.0. The molecule has 5 aromatic rings. The molecule has 0 radical (unpaired) electrons. The third-order valence-electron chi connectivity index (χ3n) is 7.02. The topological polar surface area (TPSA) is 77.1 Å². The molecule has 3 aromatic heterocycles. The van der Waals surface area contributed by atoms with Gasteiger partial charge in [-0.3, -0.25) is 9.48 Å². The van der Waals surface area contributed by atoms with Gasteiger partial charge in [0.2, 0.25) is 0 Å². The fourth-order valence-electron chi connectivity index (χ4n) is 4.69. The highest BCUT2D eigenvalue weighted by Gasteiger charge is 2.22. The number of aryl methyl sites for hydroxylation is 2. The van der Waals surface area contributed by atoms with Crippen LogP contribution >= 0.6 is 0 Å². The van der Waals surface area contributed by atoms with Gasteiger partial charge < -0.3 is 5.32 Å². The Labute approximate surface area is 221 Å². The summed E-state index contributed by atoms with van der Waals surface area (Å²) in [5, 5.41) is 12.3. The molecule has 1 N–H and O–H groups in total. The van der Waals surface area contributed by atoms with Crippen molar-refractivity contribution in [1.82, 2.24) is 29.7 Å². The van der Waals surface area contributed by atoms with Gasteiger partial charge in [-0.05, 0) is 68.1 Å². The lowest BCUT2D eigenvalue weighted by molar-refractivity contribution is 0.0932. The molecule has 0 spiro atoms. The predicted molar refractivity (Wildman–Crippen MR) is 146 cm³/mol. The first kappa shape index (κ1) is 25.3. The Kier molecular flexibility index (Phi) is 6.57. The molecule has 194 valence electrons. The van der Waals surface area contributed by atoms with E-state index in [0.717, 1.165) is 28.1 Å². The SMILES string of the molecule is Cc1nn(C)c(C)c1-c1cc(C(=O)NC(C)c2ccc(C(C)C)cc2)n2nc(-c3ccc(F)cc3)cc2n1. The molecule has 0 aliphatic carbocycles. The van der Waals surface area contributed by atoms with E-state index >= 15 is 0 Å². The summed E-state index contributed by atoms with van der Waals surface area (Å²) in [5.74, 6) is -0.157. The van der Waals surface area contributed by atoms with E-state index in [1.807, 2.05) is 33.9 Å². The fourth-order valence-corrected chi connectivity index (χ4v) is 4.69. The Bertz CT molecular complexity index is 1630. The summed E-state index contributed by atoms with van der Waals surface area (Å²) in [5.41, 5.74) is 7.76. The smallest absolute Gasteiger partial charge is 0.270 e. The van der Waals surface area contributed by atoms with Crippen LogP contribution in [0.15, 0.2) is 60.7 Å².